The molecule has 0 bridgehead atoms. The Bertz CT molecular complexity index is 1140. The molecule has 11 heteroatoms. The minimum absolute atomic E-state index is 0.0844. The van der Waals surface area contributed by atoms with Crippen LogP contribution in [-0.4, -0.2) is 38.4 Å². The highest BCUT2D eigenvalue weighted by Gasteiger charge is 2.24. The van der Waals surface area contributed by atoms with Crippen LogP contribution in [0.25, 0.3) is 32.9 Å². The average Bonchev–Trinajstić information content (AvgIpc) is 3.23. The van der Waals surface area contributed by atoms with Crippen LogP contribution in [0.1, 0.15) is 0 Å². The van der Waals surface area contributed by atoms with Crippen LogP contribution < -0.4 is 5.14 Å². The van der Waals surface area contributed by atoms with Crippen molar-refractivity contribution in [1.82, 2.24) is 30.0 Å². The fraction of sp³-hybridized carbons (Fsp3) is 0. The van der Waals surface area contributed by atoms with Gasteiger partial charge in [-0.15, -0.1) is 10.2 Å². The minimum Gasteiger partial charge on any atom is -0.253 e. The lowest BCUT2D eigenvalue weighted by molar-refractivity contribution is 0.598. The first-order valence-corrected chi connectivity index (χ1v) is 8.98. The molecule has 0 aliphatic heterocycles. The Labute approximate surface area is 139 Å². The van der Waals surface area contributed by atoms with Gasteiger partial charge in [0.05, 0.1) is 15.3 Å². The monoisotopic (exact) mass is 359 g/mol. The summed E-state index contributed by atoms with van der Waals surface area (Å²) in [5.74, 6) is 0.132. The van der Waals surface area contributed by atoms with E-state index in [0.29, 0.717) is 16.0 Å². The molecule has 24 heavy (non-hydrogen) atoms. The van der Waals surface area contributed by atoms with Crippen LogP contribution in [0, 0.1) is 0 Å². The van der Waals surface area contributed by atoms with Gasteiger partial charge in [-0.2, -0.15) is 9.59 Å². The number of sulfonamides is 1. The van der Waals surface area contributed by atoms with E-state index in [9.17, 15) is 8.42 Å². The number of rotatable bonds is 3. The van der Waals surface area contributed by atoms with E-state index in [1.165, 1.54) is 17.6 Å². The predicted octanol–water partition coefficient (Wildman–Crippen LogP) is 1.19. The molecule has 3 heterocycles. The summed E-state index contributed by atoms with van der Waals surface area (Å²) in [7, 11) is -3.98. The number of fused-ring (bicyclic) bond motifs is 1. The number of hydrogen-bond acceptors (Lipinski definition) is 8. The molecule has 0 saturated carbocycles. The number of nitrogens with one attached hydrogen (secondary N) is 1. The molecule has 0 saturated heterocycles. The third kappa shape index (κ3) is 2.35. The van der Waals surface area contributed by atoms with Gasteiger partial charge in [0.25, 0.3) is 0 Å². The quantitative estimate of drug-likeness (QED) is 0.559. The van der Waals surface area contributed by atoms with Crippen LogP contribution in [0.4, 0.5) is 0 Å². The lowest BCUT2D eigenvalue weighted by atomic mass is 10.0. The highest BCUT2D eigenvalue weighted by atomic mass is 32.2. The number of benzene rings is 1. The van der Waals surface area contributed by atoms with Gasteiger partial charge < -0.3 is 0 Å². The Morgan fingerprint density at radius 3 is 2.79 bits per heavy atom. The minimum atomic E-state index is -3.98. The summed E-state index contributed by atoms with van der Waals surface area (Å²) in [5.41, 5.74) is 2.23. The van der Waals surface area contributed by atoms with E-state index in [2.05, 4.69) is 30.0 Å². The zero-order chi connectivity index (χ0) is 16.7. The van der Waals surface area contributed by atoms with Gasteiger partial charge in [0, 0.05) is 11.8 Å². The van der Waals surface area contributed by atoms with Crippen molar-refractivity contribution in [3.05, 3.63) is 36.5 Å². The molecule has 4 rings (SSSR count). The number of aromatic amines is 1. The standard InChI is InChI=1S/C13H9N7O2S2/c14-24(21,22)9-5-1-3-7(10(9)13-16-19-20-17-13)12-11-8(18-23-12)4-2-6-15-11/h1-6H,(H2,14,21,22)(H,16,17,19,20). The van der Waals surface area contributed by atoms with Crippen molar-refractivity contribution in [2.75, 3.05) is 0 Å². The smallest absolute Gasteiger partial charge is 0.238 e. The van der Waals surface area contributed by atoms with Gasteiger partial charge in [0.15, 0.2) is 0 Å². The third-order valence-electron chi connectivity index (χ3n) is 3.38. The van der Waals surface area contributed by atoms with E-state index in [-0.39, 0.29) is 16.3 Å². The third-order valence-corrected chi connectivity index (χ3v) is 5.22. The summed E-state index contributed by atoms with van der Waals surface area (Å²) < 4.78 is 28.3. The maximum Gasteiger partial charge on any atom is 0.238 e. The Morgan fingerprint density at radius 2 is 2.04 bits per heavy atom. The Morgan fingerprint density at radius 1 is 1.17 bits per heavy atom. The summed E-state index contributed by atoms with van der Waals surface area (Å²) >= 11 is 1.21. The molecule has 9 nitrogen and oxygen atoms in total. The van der Waals surface area contributed by atoms with Crippen LogP contribution >= 0.6 is 11.5 Å². The Balaban J connectivity index is 2.10. The number of primary sulfonamides is 1. The first kappa shape index (κ1) is 14.8. The first-order chi connectivity index (χ1) is 11.6. The fourth-order valence-electron chi connectivity index (χ4n) is 2.42. The normalized spacial score (nSPS) is 11.9. The molecule has 0 aliphatic carbocycles. The number of H-pyrrole nitrogens is 1. The molecule has 0 atom stereocenters. The van der Waals surface area contributed by atoms with Gasteiger partial charge in [-0.1, -0.05) is 12.1 Å². The Hall–Kier alpha value is -2.76. The molecule has 0 amide bonds. The molecule has 1 aromatic carbocycles. The van der Waals surface area contributed by atoms with Crippen LogP contribution in [0.3, 0.4) is 0 Å². The van der Waals surface area contributed by atoms with Gasteiger partial charge in [-0.05, 0) is 34.9 Å². The first-order valence-electron chi connectivity index (χ1n) is 6.66. The molecule has 3 N–H and O–H groups in total. The summed E-state index contributed by atoms with van der Waals surface area (Å²) in [4.78, 5) is 4.95. The summed E-state index contributed by atoms with van der Waals surface area (Å²) in [6, 6.07) is 8.38. The second kappa shape index (κ2) is 5.40. The van der Waals surface area contributed by atoms with Crippen LogP contribution in [0.2, 0.25) is 0 Å². The molecular weight excluding hydrogens is 350 g/mol. The van der Waals surface area contributed by atoms with Crippen molar-refractivity contribution in [3.63, 3.8) is 0 Å². The molecule has 0 fully saturated rings. The SMILES string of the molecule is NS(=O)(=O)c1cccc(-c2snc3cccnc23)c1-c1nn[nH]n1. The lowest BCUT2D eigenvalue weighted by Gasteiger charge is -2.09. The maximum absolute atomic E-state index is 12.0. The molecular formula is C13H9N7O2S2. The van der Waals surface area contributed by atoms with E-state index >= 15 is 0 Å². The topological polar surface area (TPSA) is 140 Å². The zero-order valence-electron chi connectivity index (χ0n) is 11.9. The van der Waals surface area contributed by atoms with Crippen molar-refractivity contribution >= 4 is 32.6 Å². The lowest BCUT2D eigenvalue weighted by Crippen LogP contribution is -2.14. The van der Waals surface area contributed by atoms with E-state index in [4.69, 9.17) is 5.14 Å². The second-order valence-corrected chi connectivity index (χ2v) is 7.15. The second-order valence-electron chi connectivity index (χ2n) is 4.84. The predicted molar refractivity (Wildman–Crippen MR) is 87.4 cm³/mol. The van der Waals surface area contributed by atoms with Crippen molar-refractivity contribution in [3.8, 4) is 21.8 Å². The fourth-order valence-corrected chi connectivity index (χ4v) is 4.02. The van der Waals surface area contributed by atoms with Crippen LogP contribution in [0.15, 0.2) is 41.4 Å². The summed E-state index contributed by atoms with van der Waals surface area (Å²) in [6.07, 6.45) is 1.65. The van der Waals surface area contributed by atoms with Gasteiger partial charge in [-0.25, -0.2) is 13.6 Å². The number of pyridine rings is 1. The van der Waals surface area contributed by atoms with Gasteiger partial charge in [-0.3, -0.25) is 4.98 Å². The highest BCUT2D eigenvalue weighted by molar-refractivity contribution is 7.89. The maximum atomic E-state index is 12.0. The average molecular weight is 359 g/mol. The van der Waals surface area contributed by atoms with Gasteiger partial charge in [0.1, 0.15) is 11.0 Å². The molecule has 120 valence electrons. The highest BCUT2D eigenvalue weighted by Crippen LogP contribution is 2.39. The number of nitrogens with two attached hydrogens (primary N) is 1. The number of tetrazole rings is 1. The van der Waals surface area contributed by atoms with E-state index in [0.717, 1.165) is 5.52 Å². The zero-order valence-corrected chi connectivity index (χ0v) is 13.5. The molecule has 4 aromatic rings. The van der Waals surface area contributed by atoms with E-state index in [1.807, 2.05) is 6.07 Å². The molecule has 3 aromatic heterocycles. The van der Waals surface area contributed by atoms with Gasteiger partial charge >= 0.3 is 0 Å². The molecule has 0 radical (unpaired) electrons. The van der Waals surface area contributed by atoms with Crippen LogP contribution in [0.5, 0.6) is 0 Å². The van der Waals surface area contributed by atoms with E-state index in [1.54, 1.807) is 24.4 Å². The van der Waals surface area contributed by atoms with Crippen molar-refractivity contribution in [2.24, 2.45) is 5.14 Å². The van der Waals surface area contributed by atoms with Crippen LogP contribution in [-0.2, 0) is 10.0 Å². The molecule has 0 aliphatic rings. The van der Waals surface area contributed by atoms with Gasteiger partial charge in [0.2, 0.25) is 15.8 Å². The summed E-state index contributed by atoms with van der Waals surface area (Å²) in [6.45, 7) is 0. The van der Waals surface area contributed by atoms with Crippen molar-refractivity contribution in [1.29, 1.82) is 0 Å². The molecule has 0 unspecified atom stereocenters. The van der Waals surface area contributed by atoms with Crippen molar-refractivity contribution < 1.29 is 8.42 Å². The van der Waals surface area contributed by atoms with E-state index < -0.39 is 10.0 Å². The number of nitrogens with zero attached hydrogens (tertiary/aromatic N) is 5. The number of hydrogen-bond donors (Lipinski definition) is 2. The van der Waals surface area contributed by atoms with Crippen molar-refractivity contribution in [2.45, 2.75) is 4.90 Å². The Kier molecular flexibility index (Phi) is 3.33. The largest absolute Gasteiger partial charge is 0.253 e. The summed E-state index contributed by atoms with van der Waals surface area (Å²) in [5, 5.41) is 19.0. The number of aromatic nitrogens is 6. The molecule has 0 spiro atoms.